The van der Waals surface area contributed by atoms with Gasteiger partial charge in [-0.3, -0.25) is 4.90 Å². The standard InChI is InChI=1S/C15H21F3N2/c1-2-20(9-11-4-3-5-11)10-12-6-7-13(19)8-14(12)15(16,17)18/h6-8,11H,2-5,9-10,19H2,1H3. The normalized spacial score (nSPS) is 16.4. The zero-order valence-electron chi connectivity index (χ0n) is 11.7. The number of benzene rings is 1. The van der Waals surface area contributed by atoms with E-state index in [0.29, 0.717) is 18.0 Å². The van der Waals surface area contributed by atoms with E-state index in [1.165, 1.54) is 25.3 Å². The van der Waals surface area contributed by atoms with Crippen LogP contribution in [0.5, 0.6) is 0 Å². The van der Waals surface area contributed by atoms with Gasteiger partial charge in [0.05, 0.1) is 5.56 Å². The first kappa shape index (κ1) is 15.2. The van der Waals surface area contributed by atoms with Gasteiger partial charge in [0.2, 0.25) is 0 Å². The first-order chi connectivity index (χ1) is 9.40. The summed E-state index contributed by atoms with van der Waals surface area (Å²) in [5.74, 6) is 0.651. The summed E-state index contributed by atoms with van der Waals surface area (Å²) in [6.45, 7) is 3.97. The van der Waals surface area contributed by atoms with Crippen LogP contribution in [-0.2, 0) is 12.7 Å². The summed E-state index contributed by atoms with van der Waals surface area (Å²) in [6, 6.07) is 4.08. The van der Waals surface area contributed by atoms with Crippen LogP contribution < -0.4 is 5.73 Å². The van der Waals surface area contributed by atoms with E-state index in [2.05, 4.69) is 4.90 Å². The molecule has 112 valence electrons. The van der Waals surface area contributed by atoms with Crippen LogP contribution >= 0.6 is 0 Å². The van der Waals surface area contributed by atoms with Crippen LogP contribution in [0.3, 0.4) is 0 Å². The first-order valence-electron chi connectivity index (χ1n) is 7.08. The molecule has 1 aromatic carbocycles. The van der Waals surface area contributed by atoms with E-state index in [0.717, 1.165) is 19.2 Å². The van der Waals surface area contributed by atoms with Crippen molar-refractivity contribution < 1.29 is 13.2 Å². The third-order valence-corrected chi connectivity index (χ3v) is 4.02. The summed E-state index contributed by atoms with van der Waals surface area (Å²) >= 11 is 0. The highest BCUT2D eigenvalue weighted by atomic mass is 19.4. The molecule has 0 atom stereocenters. The van der Waals surface area contributed by atoms with Crippen molar-refractivity contribution in [3.63, 3.8) is 0 Å². The zero-order chi connectivity index (χ0) is 14.8. The largest absolute Gasteiger partial charge is 0.416 e. The second-order valence-electron chi connectivity index (χ2n) is 5.54. The van der Waals surface area contributed by atoms with Crippen molar-refractivity contribution in [2.45, 2.75) is 38.9 Å². The summed E-state index contributed by atoms with van der Waals surface area (Å²) in [4.78, 5) is 2.09. The zero-order valence-corrected chi connectivity index (χ0v) is 11.7. The van der Waals surface area contributed by atoms with E-state index in [4.69, 9.17) is 5.73 Å². The Labute approximate surface area is 117 Å². The molecule has 1 aromatic rings. The van der Waals surface area contributed by atoms with Gasteiger partial charge in [-0.25, -0.2) is 0 Å². The molecule has 1 aliphatic carbocycles. The van der Waals surface area contributed by atoms with Crippen LogP contribution in [0.2, 0.25) is 0 Å². The Kier molecular flexibility index (Phi) is 4.58. The van der Waals surface area contributed by atoms with E-state index < -0.39 is 11.7 Å². The predicted octanol–water partition coefficient (Wildman–Crippen LogP) is 3.91. The van der Waals surface area contributed by atoms with Crippen molar-refractivity contribution in [2.75, 3.05) is 18.8 Å². The fourth-order valence-corrected chi connectivity index (χ4v) is 2.58. The van der Waals surface area contributed by atoms with Gasteiger partial charge in [-0.15, -0.1) is 0 Å². The van der Waals surface area contributed by atoms with Crippen molar-refractivity contribution in [1.82, 2.24) is 4.90 Å². The van der Waals surface area contributed by atoms with Crippen molar-refractivity contribution >= 4 is 5.69 Å². The molecule has 0 bridgehead atoms. The van der Waals surface area contributed by atoms with Gasteiger partial charge in [0.1, 0.15) is 0 Å². The Morgan fingerprint density at radius 2 is 2.00 bits per heavy atom. The molecule has 0 heterocycles. The fraction of sp³-hybridized carbons (Fsp3) is 0.600. The predicted molar refractivity (Wildman–Crippen MR) is 74.1 cm³/mol. The lowest BCUT2D eigenvalue weighted by molar-refractivity contribution is -0.138. The van der Waals surface area contributed by atoms with Gasteiger partial charge >= 0.3 is 6.18 Å². The molecular weight excluding hydrogens is 265 g/mol. The first-order valence-corrected chi connectivity index (χ1v) is 7.08. The molecule has 5 heteroatoms. The molecule has 0 saturated heterocycles. The average molecular weight is 286 g/mol. The third kappa shape index (κ3) is 3.66. The summed E-state index contributed by atoms with van der Waals surface area (Å²) in [6.07, 6.45) is -0.701. The Balaban J connectivity index is 2.14. The number of rotatable bonds is 5. The van der Waals surface area contributed by atoms with Crippen LogP contribution in [0.1, 0.15) is 37.3 Å². The smallest absolute Gasteiger partial charge is 0.399 e. The highest BCUT2D eigenvalue weighted by molar-refractivity contribution is 5.46. The number of hydrogen-bond acceptors (Lipinski definition) is 2. The van der Waals surface area contributed by atoms with Crippen molar-refractivity contribution in [2.24, 2.45) is 5.92 Å². The summed E-state index contributed by atoms with van der Waals surface area (Å²) < 4.78 is 39.1. The van der Waals surface area contributed by atoms with Gasteiger partial charge < -0.3 is 5.73 Å². The van der Waals surface area contributed by atoms with Crippen molar-refractivity contribution in [3.8, 4) is 0 Å². The number of alkyl halides is 3. The molecule has 20 heavy (non-hydrogen) atoms. The number of nitrogens with zero attached hydrogens (tertiary/aromatic N) is 1. The van der Waals surface area contributed by atoms with Gasteiger partial charge in [-0.1, -0.05) is 19.4 Å². The molecule has 1 fully saturated rings. The molecule has 0 aliphatic heterocycles. The van der Waals surface area contributed by atoms with Crippen LogP contribution in [0.15, 0.2) is 18.2 Å². The molecule has 2 nitrogen and oxygen atoms in total. The van der Waals surface area contributed by atoms with Crippen LogP contribution in [0.25, 0.3) is 0 Å². The van der Waals surface area contributed by atoms with E-state index in [1.54, 1.807) is 6.07 Å². The highest BCUT2D eigenvalue weighted by Gasteiger charge is 2.34. The minimum Gasteiger partial charge on any atom is -0.399 e. The van der Waals surface area contributed by atoms with E-state index in [9.17, 15) is 13.2 Å². The monoisotopic (exact) mass is 286 g/mol. The average Bonchev–Trinajstić information content (AvgIpc) is 2.32. The third-order valence-electron chi connectivity index (χ3n) is 4.02. The second kappa shape index (κ2) is 6.04. The summed E-state index contributed by atoms with van der Waals surface area (Å²) in [5, 5.41) is 0. The van der Waals surface area contributed by atoms with Gasteiger partial charge in [0.15, 0.2) is 0 Å². The van der Waals surface area contributed by atoms with Crippen LogP contribution in [-0.4, -0.2) is 18.0 Å². The molecule has 0 amide bonds. The lowest BCUT2D eigenvalue weighted by Crippen LogP contribution is -2.32. The SMILES string of the molecule is CCN(Cc1ccc(N)cc1C(F)(F)F)CC1CCC1. The quantitative estimate of drug-likeness (QED) is 0.832. The molecule has 2 N–H and O–H groups in total. The topological polar surface area (TPSA) is 29.3 Å². The molecule has 1 saturated carbocycles. The number of anilines is 1. The Morgan fingerprint density at radius 1 is 1.30 bits per heavy atom. The van der Waals surface area contributed by atoms with Gasteiger partial charge in [0.25, 0.3) is 0 Å². The van der Waals surface area contributed by atoms with Crippen LogP contribution in [0, 0.1) is 5.92 Å². The highest BCUT2D eigenvalue weighted by Crippen LogP contribution is 2.34. The minimum absolute atomic E-state index is 0.156. The maximum absolute atomic E-state index is 13.0. The second-order valence-corrected chi connectivity index (χ2v) is 5.54. The number of halogens is 3. The molecular formula is C15H21F3N2. The lowest BCUT2D eigenvalue weighted by atomic mass is 9.85. The van der Waals surface area contributed by atoms with Crippen molar-refractivity contribution in [3.05, 3.63) is 29.3 Å². The molecule has 0 spiro atoms. The minimum atomic E-state index is -4.35. The number of nitrogen functional groups attached to an aromatic ring is 1. The number of hydrogen-bond donors (Lipinski definition) is 1. The summed E-state index contributed by atoms with van der Waals surface area (Å²) in [5.41, 5.74) is 5.35. The number of nitrogens with two attached hydrogens (primary N) is 1. The fourth-order valence-electron chi connectivity index (χ4n) is 2.58. The molecule has 0 aromatic heterocycles. The summed E-state index contributed by atoms with van der Waals surface area (Å²) in [7, 11) is 0. The van der Waals surface area contributed by atoms with Gasteiger partial charge in [0, 0.05) is 18.8 Å². The van der Waals surface area contributed by atoms with E-state index >= 15 is 0 Å². The van der Waals surface area contributed by atoms with Gasteiger partial charge in [-0.2, -0.15) is 13.2 Å². The Hall–Kier alpha value is -1.23. The maximum atomic E-state index is 13.0. The molecule has 1 aliphatic rings. The van der Waals surface area contributed by atoms with Crippen molar-refractivity contribution in [1.29, 1.82) is 0 Å². The molecule has 0 radical (unpaired) electrons. The Morgan fingerprint density at radius 3 is 2.50 bits per heavy atom. The maximum Gasteiger partial charge on any atom is 0.416 e. The van der Waals surface area contributed by atoms with Crippen LogP contribution in [0.4, 0.5) is 18.9 Å². The Bertz CT molecular complexity index is 453. The molecule has 0 unspecified atom stereocenters. The molecule has 2 rings (SSSR count). The van der Waals surface area contributed by atoms with Gasteiger partial charge in [-0.05, 0) is 43.0 Å². The van der Waals surface area contributed by atoms with E-state index in [-0.39, 0.29) is 5.69 Å². The van der Waals surface area contributed by atoms with E-state index in [1.807, 2.05) is 6.92 Å². The lowest BCUT2D eigenvalue weighted by Gasteiger charge is -2.32.